The molecule has 0 aliphatic carbocycles. The van der Waals surface area contributed by atoms with Gasteiger partial charge in [0.25, 0.3) is 5.56 Å². The summed E-state index contributed by atoms with van der Waals surface area (Å²) < 4.78 is 15.1. The van der Waals surface area contributed by atoms with Crippen LogP contribution in [0.15, 0.2) is 33.4 Å². The predicted molar refractivity (Wildman–Crippen MR) is 85.4 cm³/mol. The summed E-state index contributed by atoms with van der Waals surface area (Å²) in [4.78, 5) is 24.0. The van der Waals surface area contributed by atoms with E-state index in [1.165, 1.54) is 12.1 Å². The number of rotatable bonds is 4. The molecule has 0 saturated heterocycles. The zero-order valence-corrected chi connectivity index (χ0v) is 13.4. The highest BCUT2D eigenvalue weighted by molar-refractivity contribution is 8.01. The van der Waals surface area contributed by atoms with Gasteiger partial charge >= 0.3 is 0 Å². The molecule has 0 aliphatic rings. The van der Waals surface area contributed by atoms with Crippen LogP contribution in [0.4, 0.5) is 10.1 Å². The molecule has 3 aromatic rings. The lowest BCUT2D eigenvalue weighted by molar-refractivity contribution is -0.113. The third-order valence-corrected chi connectivity index (χ3v) is 4.84. The molecule has 0 saturated carbocycles. The van der Waals surface area contributed by atoms with Gasteiger partial charge in [-0.2, -0.15) is 4.52 Å². The highest BCUT2D eigenvalue weighted by atomic mass is 32.2. The van der Waals surface area contributed by atoms with Crippen molar-refractivity contribution in [2.45, 2.75) is 11.3 Å². The van der Waals surface area contributed by atoms with E-state index in [0.717, 1.165) is 27.6 Å². The Morgan fingerprint density at radius 1 is 1.39 bits per heavy atom. The number of nitrogens with zero attached hydrogens (tertiary/aromatic N) is 4. The summed E-state index contributed by atoms with van der Waals surface area (Å²) in [6.45, 7) is 1.55. The molecule has 0 radical (unpaired) electrons. The van der Waals surface area contributed by atoms with Crippen LogP contribution in [0.25, 0.3) is 4.96 Å². The Bertz CT molecular complexity index is 940. The predicted octanol–water partition coefficient (Wildman–Crippen LogP) is 1.72. The Labute approximate surface area is 137 Å². The minimum Gasteiger partial charge on any atom is -0.323 e. The minimum atomic E-state index is -0.497. The molecule has 23 heavy (non-hydrogen) atoms. The monoisotopic (exact) mass is 351 g/mol. The van der Waals surface area contributed by atoms with E-state index in [-0.39, 0.29) is 28.6 Å². The molecule has 1 amide bonds. The van der Waals surface area contributed by atoms with Gasteiger partial charge in [0, 0.05) is 0 Å². The Morgan fingerprint density at radius 2 is 2.17 bits per heavy atom. The topological polar surface area (TPSA) is 89.2 Å². The number of hydrogen-bond acceptors (Lipinski definition) is 7. The molecule has 0 spiro atoms. The van der Waals surface area contributed by atoms with Crippen molar-refractivity contribution in [3.8, 4) is 0 Å². The fourth-order valence-corrected chi connectivity index (χ4v) is 3.38. The van der Waals surface area contributed by atoms with Gasteiger partial charge in [-0.05, 0) is 19.1 Å². The van der Waals surface area contributed by atoms with Crippen LogP contribution in [0.5, 0.6) is 0 Å². The Hall–Kier alpha value is -2.33. The van der Waals surface area contributed by atoms with Gasteiger partial charge in [-0.3, -0.25) is 9.59 Å². The summed E-state index contributed by atoms with van der Waals surface area (Å²) in [7, 11) is 0. The van der Waals surface area contributed by atoms with E-state index in [4.69, 9.17) is 0 Å². The van der Waals surface area contributed by atoms with Crippen LogP contribution < -0.4 is 10.9 Å². The number of aryl methyl sites for hydroxylation is 1. The quantitative estimate of drug-likeness (QED) is 0.720. The van der Waals surface area contributed by atoms with E-state index < -0.39 is 5.82 Å². The second-order valence-corrected chi connectivity index (χ2v) is 6.65. The molecule has 0 aliphatic heterocycles. The molecule has 1 aromatic carbocycles. The van der Waals surface area contributed by atoms with Crippen molar-refractivity contribution in [3.63, 3.8) is 0 Å². The van der Waals surface area contributed by atoms with Gasteiger partial charge in [0.05, 0.1) is 11.4 Å². The zero-order valence-electron chi connectivity index (χ0n) is 11.8. The summed E-state index contributed by atoms with van der Waals surface area (Å²) in [5.74, 6) is -0.827. The van der Waals surface area contributed by atoms with Crippen LogP contribution in [0.1, 0.15) is 5.69 Å². The minimum absolute atomic E-state index is 0.0370. The second-order valence-electron chi connectivity index (χ2n) is 4.47. The largest absolute Gasteiger partial charge is 0.323 e. The van der Waals surface area contributed by atoms with E-state index in [0.29, 0.717) is 9.30 Å². The van der Waals surface area contributed by atoms with Gasteiger partial charge in [0.1, 0.15) is 11.5 Å². The summed E-state index contributed by atoms with van der Waals surface area (Å²) in [6, 6.07) is 5.92. The smallest absolute Gasteiger partial charge is 0.296 e. The zero-order chi connectivity index (χ0) is 16.4. The highest BCUT2D eigenvalue weighted by Gasteiger charge is 2.12. The number of carbonyl (C=O) groups is 1. The molecule has 118 valence electrons. The molecule has 7 nitrogen and oxygen atoms in total. The Kier molecular flexibility index (Phi) is 4.35. The van der Waals surface area contributed by atoms with Crippen molar-refractivity contribution in [2.75, 3.05) is 11.1 Å². The maximum atomic E-state index is 13.4. The molecule has 3 rings (SSSR count). The average molecular weight is 351 g/mol. The van der Waals surface area contributed by atoms with Crippen LogP contribution in [0.3, 0.4) is 0 Å². The number of amides is 1. The molecule has 2 aromatic heterocycles. The van der Waals surface area contributed by atoms with Crippen molar-refractivity contribution in [1.29, 1.82) is 0 Å². The number of nitrogens with one attached hydrogen (secondary N) is 1. The van der Waals surface area contributed by atoms with Gasteiger partial charge in [-0.15, -0.1) is 15.3 Å². The number of thioether (sulfide) groups is 1. The van der Waals surface area contributed by atoms with Crippen molar-refractivity contribution in [3.05, 3.63) is 46.1 Å². The van der Waals surface area contributed by atoms with Crippen LogP contribution in [-0.4, -0.2) is 31.5 Å². The lowest BCUT2D eigenvalue weighted by atomic mass is 10.3. The molecule has 1 N–H and O–H groups in total. The molecule has 2 heterocycles. The van der Waals surface area contributed by atoms with Gasteiger partial charge in [-0.1, -0.05) is 35.2 Å². The van der Waals surface area contributed by atoms with Gasteiger partial charge in [-0.25, -0.2) is 4.39 Å². The number of aromatic nitrogens is 4. The number of halogens is 1. The SMILES string of the molecule is Cc1nnc2sc(SCC(=O)Nc3ccccc3F)nn2c1=O. The third kappa shape index (κ3) is 3.37. The number of para-hydroxylation sites is 1. The Morgan fingerprint density at radius 3 is 2.96 bits per heavy atom. The van der Waals surface area contributed by atoms with Crippen molar-refractivity contribution < 1.29 is 9.18 Å². The molecule has 0 bridgehead atoms. The Balaban J connectivity index is 1.69. The van der Waals surface area contributed by atoms with Gasteiger partial charge < -0.3 is 5.32 Å². The summed E-state index contributed by atoms with van der Waals surface area (Å²) in [6.07, 6.45) is 0. The highest BCUT2D eigenvalue weighted by Crippen LogP contribution is 2.23. The van der Waals surface area contributed by atoms with Crippen molar-refractivity contribution in [2.24, 2.45) is 0 Å². The normalized spacial score (nSPS) is 10.9. The lowest BCUT2D eigenvalue weighted by Crippen LogP contribution is -2.19. The molecule has 10 heteroatoms. The van der Waals surface area contributed by atoms with E-state index >= 15 is 0 Å². The lowest BCUT2D eigenvalue weighted by Gasteiger charge is -2.04. The van der Waals surface area contributed by atoms with Crippen molar-refractivity contribution in [1.82, 2.24) is 19.8 Å². The maximum Gasteiger partial charge on any atom is 0.296 e. The van der Waals surface area contributed by atoms with Gasteiger partial charge in [0.15, 0.2) is 4.34 Å². The van der Waals surface area contributed by atoms with Crippen LogP contribution >= 0.6 is 23.1 Å². The number of carbonyl (C=O) groups excluding carboxylic acids is 1. The standard InChI is InChI=1S/C13H10FN5O2S2/c1-7-11(21)19-12(17-16-7)23-13(18-19)22-6-10(20)15-9-5-3-2-4-8(9)14/h2-5H,6H2,1H3,(H,15,20). The van der Waals surface area contributed by atoms with E-state index in [9.17, 15) is 14.0 Å². The molecule has 0 unspecified atom stereocenters. The van der Waals surface area contributed by atoms with Crippen LogP contribution in [-0.2, 0) is 4.79 Å². The average Bonchev–Trinajstić information content (AvgIpc) is 2.95. The molecule has 0 atom stereocenters. The fourth-order valence-electron chi connectivity index (χ4n) is 1.71. The van der Waals surface area contributed by atoms with E-state index in [2.05, 4.69) is 20.6 Å². The number of hydrogen-bond donors (Lipinski definition) is 1. The first-order valence-electron chi connectivity index (χ1n) is 6.45. The van der Waals surface area contributed by atoms with Gasteiger partial charge in [0.2, 0.25) is 10.9 Å². The number of benzene rings is 1. The second kappa shape index (κ2) is 6.42. The summed E-state index contributed by atoms with van der Waals surface area (Å²) in [5.41, 5.74) is 0.0377. The molecule has 0 fully saturated rings. The van der Waals surface area contributed by atoms with E-state index in [1.807, 2.05) is 0 Å². The fraction of sp³-hybridized carbons (Fsp3) is 0.154. The van der Waals surface area contributed by atoms with Crippen molar-refractivity contribution >= 4 is 39.7 Å². The molecular weight excluding hydrogens is 341 g/mol. The summed E-state index contributed by atoms with van der Waals surface area (Å²) >= 11 is 2.30. The maximum absolute atomic E-state index is 13.4. The number of anilines is 1. The molecular formula is C13H10FN5O2S2. The van der Waals surface area contributed by atoms with Crippen LogP contribution in [0, 0.1) is 12.7 Å². The first-order chi connectivity index (χ1) is 11.0. The first kappa shape index (κ1) is 15.6. The first-order valence-corrected chi connectivity index (χ1v) is 8.25. The third-order valence-electron chi connectivity index (χ3n) is 2.80. The van der Waals surface area contributed by atoms with E-state index in [1.54, 1.807) is 19.1 Å². The summed E-state index contributed by atoms with van der Waals surface area (Å²) in [5, 5.41) is 14.2. The van der Waals surface area contributed by atoms with Crippen LogP contribution in [0.2, 0.25) is 0 Å². The number of fused-ring (bicyclic) bond motifs is 1.